The zero-order chi connectivity index (χ0) is 9.84. The highest BCUT2D eigenvalue weighted by atomic mass is 16.2. The van der Waals surface area contributed by atoms with Crippen molar-refractivity contribution in [2.45, 2.75) is 39.2 Å². The van der Waals surface area contributed by atoms with Crippen LogP contribution in [0, 0.1) is 11.8 Å². The molecule has 0 heterocycles. The van der Waals surface area contributed by atoms with E-state index in [-0.39, 0.29) is 6.03 Å². The smallest absolute Gasteiger partial charge is 0.314 e. The van der Waals surface area contributed by atoms with Crippen molar-refractivity contribution in [1.29, 1.82) is 0 Å². The minimum Gasteiger partial charge on any atom is -0.341 e. The lowest BCUT2D eigenvalue weighted by molar-refractivity contribution is 0.208. The maximum atomic E-state index is 11.1. The summed E-state index contributed by atoms with van der Waals surface area (Å²) in [5.41, 5.74) is 0. The first kappa shape index (κ1) is 10.4. The van der Waals surface area contributed by atoms with E-state index in [1.54, 1.807) is 7.05 Å². The molecule has 0 aromatic rings. The molecular formula is C10H20N2O. The normalized spacial score (nSPS) is 33.9. The number of amides is 2. The summed E-state index contributed by atoms with van der Waals surface area (Å²) < 4.78 is 0. The van der Waals surface area contributed by atoms with Crippen LogP contribution in [0.1, 0.15) is 33.1 Å². The van der Waals surface area contributed by atoms with Crippen LogP contribution in [0.15, 0.2) is 0 Å². The van der Waals surface area contributed by atoms with E-state index >= 15 is 0 Å². The molecule has 3 nitrogen and oxygen atoms in total. The Morgan fingerprint density at radius 2 is 2.00 bits per heavy atom. The van der Waals surface area contributed by atoms with E-state index in [0.29, 0.717) is 12.0 Å². The predicted molar refractivity (Wildman–Crippen MR) is 53.6 cm³/mol. The van der Waals surface area contributed by atoms with Crippen molar-refractivity contribution >= 4 is 6.03 Å². The van der Waals surface area contributed by atoms with Crippen LogP contribution in [0.25, 0.3) is 0 Å². The van der Waals surface area contributed by atoms with Crippen molar-refractivity contribution in [1.82, 2.24) is 10.6 Å². The topological polar surface area (TPSA) is 41.1 Å². The molecule has 3 heteroatoms. The fourth-order valence-electron chi connectivity index (χ4n) is 2.12. The first-order chi connectivity index (χ1) is 6.13. The minimum absolute atomic E-state index is 0.0496. The summed E-state index contributed by atoms with van der Waals surface area (Å²) in [6.45, 7) is 4.50. The van der Waals surface area contributed by atoms with Gasteiger partial charge in [-0.3, -0.25) is 0 Å². The number of carbonyl (C=O) groups is 1. The van der Waals surface area contributed by atoms with E-state index in [0.717, 1.165) is 12.3 Å². The summed E-state index contributed by atoms with van der Waals surface area (Å²) in [6.07, 6.45) is 3.59. The van der Waals surface area contributed by atoms with E-state index in [1.165, 1.54) is 12.8 Å². The van der Waals surface area contributed by atoms with Gasteiger partial charge in [0.1, 0.15) is 0 Å². The molecule has 0 radical (unpaired) electrons. The number of carbonyl (C=O) groups excluding carboxylic acids is 1. The van der Waals surface area contributed by atoms with Crippen LogP contribution in [-0.2, 0) is 0 Å². The van der Waals surface area contributed by atoms with Gasteiger partial charge in [0.25, 0.3) is 0 Å². The fourth-order valence-corrected chi connectivity index (χ4v) is 2.12. The van der Waals surface area contributed by atoms with Crippen molar-refractivity contribution in [3.8, 4) is 0 Å². The Hall–Kier alpha value is -0.730. The molecule has 0 aromatic carbocycles. The molecule has 0 aromatic heterocycles. The second kappa shape index (κ2) is 4.49. The van der Waals surface area contributed by atoms with Gasteiger partial charge in [-0.25, -0.2) is 4.79 Å². The van der Waals surface area contributed by atoms with Gasteiger partial charge in [0.15, 0.2) is 0 Å². The Labute approximate surface area is 80.3 Å². The first-order valence-electron chi connectivity index (χ1n) is 5.11. The molecule has 1 aliphatic carbocycles. The Morgan fingerprint density at radius 1 is 1.31 bits per heavy atom. The highest BCUT2D eigenvalue weighted by Crippen LogP contribution is 2.28. The lowest BCUT2D eigenvalue weighted by atomic mass is 9.80. The largest absolute Gasteiger partial charge is 0.341 e. The van der Waals surface area contributed by atoms with Crippen LogP contribution < -0.4 is 10.6 Å². The van der Waals surface area contributed by atoms with E-state index < -0.39 is 0 Å². The third kappa shape index (κ3) is 2.90. The van der Waals surface area contributed by atoms with Crippen LogP contribution in [0.2, 0.25) is 0 Å². The highest BCUT2D eigenvalue weighted by molar-refractivity contribution is 5.73. The van der Waals surface area contributed by atoms with Crippen molar-refractivity contribution in [2.75, 3.05) is 7.05 Å². The minimum atomic E-state index is -0.0496. The zero-order valence-corrected chi connectivity index (χ0v) is 8.76. The van der Waals surface area contributed by atoms with Gasteiger partial charge < -0.3 is 10.6 Å². The molecule has 13 heavy (non-hydrogen) atoms. The Kier molecular flexibility index (Phi) is 3.58. The molecule has 1 rings (SSSR count). The summed E-state index contributed by atoms with van der Waals surface area (Å²) in [5.74, 6) is 1.43. The molecule has 1 aliphatic rings. The molecule has 2 N–H and O–H groups in total. The Balaban J connectivity index is 2.38. The second-order valence-electron chi connectivity index (χ2n) is 4.23. The SMILES string of the molecule is CNC(=O)NC1CCC(C)CC1C. The molecule has 76 valence electrons. The molecule has 0 aliphatic heterocycles. The summed E-state index contributed by atoms with van der Waals surface area (Å²) >= 11 is 0. The lowest BCUT2D eigenvalue weighted by Gasteiger charge is -2.32. The third-order valence-corrected chi connectivity index (χ3v) is 2.98. The molecule has 0 bridgehead atoms. The van der Waals surface area contributed by atoms with E-state index in [9.17, 15) is 4.79 Å². The number of hydrogen-bond acceptors (Lipinski definition) is 1. The number of hydrogen-bond donors (Lipinski definition) is 2. The predicted octanol–water partition coefficient (Wildman–Crippen LogP) is 1.74. The van der Waals surface area contributed by atoms with Gasteiger partial charge in [0.2, 0.25) is 0 Å². The lowest BCUT2D eigenvalue weighted by Crippen LogP contribution is -2.45. The summed E-state index contributed by atoms with van der Waals surface area (Å²) in [7, 11) is 1.66. The number of urea groups is 1. The van der Waals surface area contributed by atoms with Crippen LogP contribution in [-0.4, -0.2) is 19.1 Å². The summed E-state index contributed by atoms with van der Waals surface area (Å²) in [4.78, 5) is 11.1. The molecule has 1 saturated carbocycles. The van der Waals surface area contributed by atoms with Gasteiger partial charge >= 0.3 is 6.03 Å². The van der Waals surface area contributed by atoms with Crippen LogP contribution in [0.5, 0.6) is 0 Å². The number of nitrogens with one attached hydrogen (secondary N) is 2. The van der Waals surface area contributed by atoms with Gasteiger partial charge in [-0.05, 0) is 31.1 Å². The molecular weight excluding hydrogens is 164 g/mol. The number of rotatable bonds is 1. The monoisotopic (exact) mass is 184 g/mol. The van der Waals surface area contributed by atoms with Gasteiger partial charge in [0.05, 0.1) is 0 Å². The third-order valence-electron chi connectivity index (χ3n) is 2.98. The van der Waals surface area contributed by atoms with Crippen molar-refractivity contribution in [3.05, 3.63) is 0 Å². The molecule has 0 spiro atoms. The van der Waals surface area contributed by atoms with Crippen LogP contribution in [0.3, 0.4) is 0 Å². The van der Waals surface area contributed by atoms with E-state index in [2.05, 4.69) is 24.5 Å². The fraction of sp³-hybridized carbons (Fsp3) is 0.900. The molecule has 2 amide bonds. The van der Waals surface area contributed by atoms with Gasteiger partial charge in [-0.15, -0.1) is 0 Å². The van der Waals surface area contributed by atoms with Crippen LogP contribution >= 0.6 is 0 Å². The molecule has 3 atom stereocenters. The van der Waals surface area contributed by atoms with Crippen molar-refractivity contribution < 1.29 is 4.79 Å². The average Bonchev–Trinajstić information content (AvgIpc) is 2.09. The van der Waals surface area contributed by atoms with Crippen molar-refractivity contribution in [2.24, 2.45) is 11.8 Å². The van der Waals surface area contributed by atoms with Gasteiger partial charge in [0, 0.05) is 13.1 Å². The Bertz CT molecular complexity index is 182. The highest BCUT2D eigenvalue weighted by Gasteiger charge is 2.25. The molecule has 0 saturated heterocycles. The van der Waals surface area contributed by atoms with Crippen molar-refractivity contribution in [3.63, 3.8) is 0 Å². The molecule has 1 fully saturated rings. The van der Waals surface area contributed by atoms with Gasteiger partial charge in [-0.2, -0.15) is 0 Å². The molecule has 3 unspecified atom stereocenters. The Morgan fingerprint density at radius 3 is 2.54 bits per heavy atom. The summed E-state index contributed by atoms with van der Waals surface area (Å²) in [6, 6.07) is 0.322. The quantitative estimate of drug-likeness (QED) is 0.640. The standard InChI is InChI=1S/C10H20N2O/c1-7-4-5-9(8(2)6-7)12-10(13)11-3/h7-9H,4-6H2,1-3H3,(H2,11,12,13). The second-order valence-corrected chi connectivity index (χ2v) is 4.23. The summed E-state index contributed by atoms with van der Waals surface area (Å²) in [5, 5.41) is 5.58. The van der Waals surface area contributed by atoms with Gasteiger partial charge in [-0.1, -0.05) is 13.8 Å². The van der Waals surface area contributed by atoms with Crippen LogP contribution in [0.4, 0.5) is 4.79 Å². The van der Waals surface area contributed by atoms with E-state index in [1.807, 2.05) is 0 Å². The maximum absolute atomic E-state index is 11.1. The maximum Gasteiger partial charge on any atom is 0.314 e. The van der Waals surface area contributed by atoms with E-state index in [4.69, 9.17) is 0 Å². The first-order valence-corrected chi connectivity index (χ1v) is 5.11. The average molecular weight is 184 g/mol. The zero-order valence-electron chi connectivity index (χ0n) is 8.76.